The summed E-state index contributed by atoms with van der Waals surface area (Å²) in [4.78, 5) is 31.0. The molecule has 0 N–H and O–H groups in total. The molecule has 2 aromatic rings. The average molecular weight is 475 g/mol. The number of amides is 2. The summed E-state index contributed by atoms with van der Waals surface area (Å²) in [6, 6.07) is 10.2. The number of carbonyl (C=O) groups is 2. The van der Waals surface area contributed by atoms with Crippen LogP contribution in [-0.2, 0) is 22.7 Å². The van der Waals surface area contributed by atoms with Gasteiger partial charge in [-0.3, -0.25) is 9.59 Å². The minimum Gasteiger partial charge on any atom is -0.332 e. The number of hydrogen-bond acceptors (Lipinski definition) is 3. The predicted molar refractivity (Wildman–Crippen MR) is 134 cm³/mol. The quantitative estimate of drug-likeness (QED) is 0.267. The summed E-state index contributed by atoms with van der Waals surface area (Å²) in [7, 11) is 0. The monoisotopic (exact) mass is 474 g/mol. The second kappa shape index (κ2) is 14.8. The van der Waals surface area contributed by atoms with Gasteiger partial charge in [-0.25, -0.2) is 4.39 Å². The number of halogens is 1. The molecule has 1 aromatic carbocycles. The highest BCUT2D eigenvalue weighted by Gasteiger charge is 2.25. The standard InChI is InChI=1S/C27H39FN2O2S/c1-4-6-7-8-9-10-13-26(31)30(22(3)5-2)21-27(32)29(20-25-12-11-18-33-25)19-23-14-16-24(28)17-15-23/h11-12,14-18,22H,4-10,13,19-21H2,1-3H3/t22-/m1/s1. The van der Waals surface area contributed by atoms with Crippen molar-refractivity contribution in [2.24, 2.45) is 0 Å². The Kier molecular flexibility index (Phi) is 12.2. The molecule has 1 heterocycles. The minimum atomic E-state index is -0.293. The van der Waals surface area contributed by atoms with E-state index in [-0.39, 0.29) is 30.2 Å². The van der Waals surface area contributed by atoms with E-state index in [1.807, 2.05) is 31.4 Å². The van der Waals surface area contributed by atoms with Crippen molar-refractivity contribution in [3.63, 3.8) is 0 Å². The maximum atomic E-state index is 13.4. The first-order valence-corrected chi connectivity index (χ1v) is 13.2. The Bertz CT molecular complexity index is 823. The summed E-state index contributed by atoms with van der Waals surface area (Å²) < 4.78 is 13.3. The molecule has 0 radical (unpaired) electrons. The van der Waals surface area contributed by atoms with E-state index < -0.39 is 0 Å². The fourth-order valence-electron chi connectivity index (χ4n) is 3.79. The van der Waals surface area contributed by atoms with Crippen LogP contribution in [0.1, 0.15) is 82.6 Å². The number of carbonyl (C=O) groups excluding carboxylic acids is 2. The van der Waals surface area contributed by atoms with Crippen LogP contribution in [0, 0.1) is 5.82 Å². The molecule has 4 nitrogen and oxygen atoms in total. The van der Waals surface area contributed by atoms with Crippen molar-refractivity contribution in [2.75, 3.05) is 6.54 Å². The summed E-state index contributed by atoms with van der Waals surface area (Å²) in [6.07, 6.45) is 8.07. The van der Waals surface area contributed by atoms with Crippen LogP contribution in [0.15, 0.2) is 41.8 Å². The van der Waals surface area contributed by atoms with Crippen LogP contribution in [0.4, 0.5) is 4.39 Å². The lowest BCUT2D eigenvalue weighted by molar-refractivity contribution is -0.143. The maximum absolute atomic E-state index is 13.4. The van der Waals surface area contributed by atoms with Crippen molar-refractivity contribution < 1.29 is 14.0 Å². The zero-order valence-corrected chi connectivity index (χ0v) is 21.2. The summed E-state index contributed by atoms with van der Waals surface area (Å²) in [5.41, 5.74) is 0.870. The molecule has 0 fully saturated rings. The van der Waals surface area contributed by atoms with Gasteiger partial charge in [-0.1, -0.05) is 64.2 Å². The second-order valence-corrected chi connectivity index (χ2v) is 9.78. The first-order chi connectivity index (χ1) is 15.9. The zero-order valence-electron chi connectivity index (χ0n) is 20.4. The lowest BCUT2D eigenvalue weighted by atomic mass is 10.1. The van der Waals surface area contributed by atoms with Gasteiger partial charge in [0.15, 0.2) is 0 Å². The third kappa shape index (κ3) is 9.66. The SMILES string of the molecule is CCCCCCCCC(=O)N(CC(=O)N(Cc1ccc(F)cc1)Cc1cccs1)[C@H](C)CC. The smallest absolute Gasteiger partial charge is 0.242 e. The Labute approximate surface area is 202 Å². The van der Waals surface area contributed by atoms with E-state index in [4.69, 9.17) is 0 Å². The molecule has 0 bridgehead atoms. The molecule has 6 heteroatoms. The molecule has 1 atom stereocenters. The molecule has 1 aromatic heterocycles. The van der Waals surface area contributed by atoms with E-state index in [0.717, 1.165) is 36.1 Å². The Morgan fingerprint density at radius 1 is 0.939 bits per heavy atom. The van der Waals surface area contributed by atoms with Crippen LogP contribution in [0.25, 0.3) is 0 Å². The Morgan fingerprint density at radius 2 is 1.64 bits per heavy atom. The van der Waals surface area contributed by atoms with E-state index in [2.05, 4.69) is 6.92 Å². The van der Waals surface area contributed by atoms with Gasteiger partial charge in [-0.2, -0.15) is 0 Å². The van der Waals surface area contributed by atoms with Crippen LogP contribution >= 0.6 is 11.3 Å². The molecule has 0 aliphatic carbocycles. The molecule has 0 saturated heterocycles. The van der Waals surface area contributed by atoms with Crippen LogP contribution in [0.2, 0.25) is 0 Å². The highest BCUT2D eigenvalue weighted by molar-refractivity contribution is 7.09. The van der Waals surface area contributed by atoms with Gasteiger partial charge in [0.2, 0.25) is 11.8 Å². The molecule has 33 heavy (non-hydrogen) atoms. The number of unbranched alkanes of at least 4 members (excludes halogenated alkanes) is 5. The van der Waals surface area contributed by atoms with Gasteiger partial charge in [0.25, 0.3) is 0 Å². The highest BCUT2D eigenvalue weighted by atomic mass is 32.1. The Balaban J connectivity index is 2.04. The van der Waals surface area contributed by atoms with Crippen molar-refractivity contribution in [1.29, 1.82) is 0 Å². The zero-order chi connectivity index (χ0) is 24.1. The van der Waals surface area contributed by atoms with E-state index in [1.54, 1.807) is 33.3 Å². The van der Waals surface area contributed by atoms with E-state index >= 15 is 0 Å². The van der Waals surface area contributed by atoms with Crippen molar-refractivity contribution in [1.82, 2.24) is 9.80 Å². The van der Waals surface area contributed by atoms with Crippen molar-refractivity contribution in [3.05, 3.63) is 58.0 Å². The van der Waals surface area contributed by atoms with Crippen LogP contribution in [-0.4, -0.2) is 34.2 Å². The molecular formula is C27H39FN2O2S. The normalized spacial score (nSPS) is 11.9. The van der Waals surface area contributed by atoms with Gasteiger partial charge in [0.1, 0.15) is 12.4 Å². The predicted octanol–water partition coefficient (Wildman–Crippen LogP) is 6.79. The lowest BCUT2D eigenvalue weighted by Crippen LogP contribution is -2.46. The van der Waals surface area contributed by atoms with E-state index in [0.29, 0.717) is 19.5 Å². The van der Waals surface area contributed by atoms with Gasteiger partial charge < -0.3 is 9.80 Å². The van der Waals surface area contributed by atoms with E-state index in [1.165, 1.54) is 31.4 Å². The number of rotatable bonds is 15. The molecule has 2 rings (SSSR count). The molecule has 0 unspecified atom stereocenters. The fourth-order valence-corrected chi connectivity index (χ4v) is 4.51. The summed E-state index contributed by atoms with van der Waals surface area (Å²) in [5.74, 6) is -0.312. The first-order valence-electron chi connectivity index (χ1n) is 12.3. The van der Waals surface area contributed by atoms with Gasteiger partial charge in [0.05, 0.1) is 6.54 Å². The number of hydrogen-bond donors (Lipinski definition) is 0. The third-order valence-electron chi connectivity index (χ3n) is 6.06. The lowest BCUT2D eigenvalue weighted by Gasteiger charge is -2.31. The topological polar surface area (TPSA) is 40.6 Å². The molecule has 0 spiro atoms. The van der Waals surface area contributed by atoms with E-state index in [9.17, 15) is 14.0 Å². The summed E-state index contributed by atoms with van der Waals surface area (Å²) >= 11 is 1.60. The highest BCUT2D eigenvalue weighted by Crippen LogP contribution is 2.17. The van der Waals surface area contributed by atoms with Crippen molar-refractivity contribution in [3.8, 4) is 0 Å². The first kappa shape index (κ1) is 27.0. The fraction of sp³-hybridized carbons (Fsp3) is 0.556. The number of nitrogens with zero attached hydrogens (tertiary/aromatic N) is 2. The minimum absolute atomic E-state index is 0.0101. The largest absolute Gasteiger partial charge is 0.332 e. The number of benzene rings is 1. The molecule has 2 amide bonds. The van der Waals surface area contributed by atoms with Gasteiger partial charge in [-0.15, -0.1) is 11.3 Å². The van der Waals surface area contributed by atoms with Crippen LogP contribution in [0.3, 0.4) is 0 Å². The summed E-state index contributed by atoms with van der Waals surface area (Å²) in [5, 5.41) is 1.99. The Morgan fingerprint density at radius 3 is 2.27 bits per heavy atom. The molecule has 182 valence electrons. The third-order valence-corrected chi connectivity index (χ3v) is 6.92. The molecular weight excluding hydrogens is 435 g/mol. The number of thiophene rings is 1. The van der Waals surface area contributed by atoms with Crippen LogP contribution in [0.5, 0.6) is 0 Å². The molecule has 0 aliphatic rings. The van der Waals surface area contributed by atoms with Crippen molar-refractivity contribution >= 4 is 23.2 Å². The summed E-state index contributed by atoms with van der Waals surface area (Å²) in [6.45, 7) is 7.20. The van der Waals surface area contributed by atoms with Gasteiger partial charge in [0, 0.05) is 23.9 Å². The maximum Gasteiger partial charge on any atom is 0.242 e. The second-order valence-electron chi connectivity index (χ2n) is 8.75. The molecule has 0 aliphatic heterocycles. The average Bonchev–Trinajstić information content (AvgIpc) is 3.33. The Hall–Kier alpha value is -2.21. The van der Waals surface area contributed by atoms with Crippen molar-refractivity contribution in [2.45, 2.75) is 91.3 Å². The van der Waals surface area contributed by atoms with Gasteiger partial charge in [-0.05, 0) is 48.9 Å². The molecule has 0 saturated carbocycles. The van der Waals surface area contributed by atoms with Crippen LogP contribution < -0.4 is 0 Å². The van der Waals surface area contributed by atoms with Gasteiger partial charge >= 0.3 is 0 Å².